The molecule has 0 radical (unpaired) electrons. The van der Waals surface area contributed by atoms with Crippen LogP contribution in [0.3, 0.4) is 0 Å². The first-order valence-corrected chi connectivity index (χ1v) is 5.76. The zero-order valence-electron chi connectivity index (χ0n) is 10.4. The van der Waals surface area contributed by atoms with Crippen molar-refractivity contribution in [2.45, 2.75) is 52.0 Å². The average molecular weight is 224 g/mol. The minimum atomic E-state index is -0.851. The third-order valence-corrected chi connectivity index (χ3v) is 3.21. The second-order valence-corrected chi connectivity index (χ2v) is 4.35. The first-order chi connectivity index (χ1) is 7.49. The molecule has 0 aliphatic carbocycles. The Bertz CT molecular complexity index is 365. The fourth-order valence-corrected chi connectivity index (χ4v) is 2.10. The maximum Gasteiger partial charge on any atom is 0.329 e. The Kier molecular flexibility index (Phi) is 3.73. The Hall–Kier alpha value is -1.32. The van der Waals surface area contributed by atoms with Crippen molar-refractivity contribution in [1.82, 2.24) is 9.55 Å². The monoisotopic (exact) mass is 224 g/mol. The normalized spacial score (nSPS) is 12.1. The van der Waals surface area contributed by atoms with Crippen LogP contribution in [0, 0.1) is 0 Å². The summed E-state index contributed by atoms with van der Waals surface area (Å²) in [5.74, 6) is 0.287. The first kappa shape index (κ1) is 12.7. The maximum absolute atomic E-state index is 11.5. The van der Waals surface area contributed by atoms with Gasteiger partial charge in [-0.05, 0) is 12.8 Å². The molecule has 0 spiro atoms. The maximum atomic E-state index is 11.5. The average Bonchev–Trinajstić information content (AvgIpc) is 2.69. The molecule has 0 unspecified atom stereocenters. The minimum Gasteiger partial charge on any atom is -0.479 e. The number of aliphatic carboxylic acids is 1. The van der Waals surface area contributed by atoms with Crippen LogP contribution < -0.4 is 0 Å². The summed E-state index contributed by atoms with van der Waals surface area (Å²) >= 11 is 0. The highest BCUT2D eigenvalue weighted by molar-refractivity contribution is 5.76. The number of carboxylic acids is 1. The van der Waals surface area contributed by atoms with Gasteiger partial charge in [0, 0.05) is 18.3 Å². The lowest BCUT2D eigenvalue weighted by atomic mass is 9.92. The molecule has 4 heteroatoms. The molecule has 0 aliphatic rings. The van der Waals surface area contributed by atoms with E-state index in [0.717, 1.165) is 5.82 Å². The molecule has 1 heterocycles. The fourth-order valence-electron chi connectivity index (χ4n) is 2.10. The van der Waals surface area contributed by atoms with Crippen LogP contribution >= 0.6 is 0 Å². The molecule has 0 aromatic carbocycles. The number of carbonyl (C=O) groups is 1. The predicted octanol–water partition coefficient (Wildman–Crippen LogP) is 2.61. The van der Waals surface area contributed by atoms with Crippen molar-refractivity contribution in [3.63, 3.8) is 0 Å². The zero-order valence-corrected chi connectivity index (χ0v) is 10.4. The van der Waals surface area contributed by atoms with Crippen molar-refractivity contribution in [1.29, 1.82) is 0 Å². The van der Waals surface area contributed by atoms with E-state index in [9.17, 15) is 9.90 Å². The van der Waals surface area contributed by atoms with E-state index in [-0.39, 0.29) is 5.92 Å². The second-order valence-electron chi connectivity index (χ2n) is 4.35. The second kappa shape index (κ2) is 4.68. The Balaban J connectivity index is 3.31. The molecule has 1 rings (SSSR count). The summed E-state index contributed by atoms with van der Waals surface area (Å²) in [6.45, 7) is 7.86. The number of hydrogen-bond donors (Lipinski definition) is 1. The number of hydrogen-bond acceptors (Lipinski definition) is 2. The van der Waals surface area contributed by atoms with Gasteiger partial charge in [-0.3, -0.25) is 0 Å². The molecule has 90 valence electrons. The van der Waals surface area contributed by atoms with E-state index < -0.39 is 11.5 Å². The van der Waals surface area contributed by atoms with E-state index in [1.165, 1.54) is 0 Å². The lowest BCUT2D eigenvalue weighted by Crippen LogP contribution is -2.41. The molecule has 1 aromatic rings. The van der Waals surface area contributed by atoms with Gasteiger partial charge >= 0.3 is 5.97 Å². The molecular weight excluding hydrogens is 204 g/mol. The Morgan fingerprint density at radius 3 is 2.44 bits per heavy atom. The van der Waals surface area contributed by atoms with Gasteiger partial charge in [0.2, 0.25) is 0 Å². The van der Waals surface area contributed by atoms with Gasteiger partial charge in [0.25, 0.3) is 0 Å². The highest BCUT2D eigenvalue weighted by Crippen LogP contribution is 2.29. The number of aromatic nitrogens is 2. The van der Waals surface area contributed by atoms with Crippen LogP contribution in [0.1, 0.15) is 52.3 Å². The lowest BCUT2D eigenvalue weighted by molar-refractivity contribution is -0.148. The van der Waals surface area contributed by atoms with Gasteiger partial charge in [0.1, 0.15) is 11.4 Å². The van der Waals surface area contributed by atoms with Crippen LogP contribution in [0.15, 0.2) is 12.4 Å². The van der Waals surface area contributed by atoms with Crippen molar-refractivity contribution in [2.24, 2.45) is 0 Å². The van der Waals surface area contributed by atoms with E-state index in [2.05, 4.69) is 4.98 Å². The number of nitrogens with zero attached hydrogens (tertiary/aromatic N) is 2. The molecule has 0 atom stereocenters. The number of carboxylic acid groups (broad SMARTS) is 1. The van der Waals surface area contributed by atoms with Crippen molar-refractivity contribution >= 4 is 5.97 Å². The summed E-state index contributed by atoms with van der Waals surface area (Å²) in [5, 5.41) is 9.45. The molecule has 0 saturated carbocycles. The topological polar surface area (TPSA) is 55.1 Å². The van der Waals surface area contributed by atoms with Crippen LogP contribution in [-0.2, 0) is 10.3 Å². The molecule has 1 N–H and O–H groups in total. The van der Waals surface area contributed by atoms with E-state index in [4.69, 9.17) is 0 Å². The van der Waals surface area contributed by atoms with Crippen LogP contribution in [0.2, 0.25) is 0 Å². The Labute approximate surface area is 96.3 Å². The lowest BCUT2D eigenvalue weighted by Gasteiger charge is -2.31. The summed E-state index contributed by atoms with van der Waals surface area (Å²) in [6.07, 6.45) is 4.58. The zero-order chi connectivity index (χ0) is 12.3. The number of rotatable bonds is 5. The largest absolute Gasteiger partial charge is 0.479 e. The van der Waals surface area contributed by atoms with Gasteiger partial charge in [-0.15, -0.1) is 0 Å². The van der Waals surface area contributed by atoms with E-state index in [1.807, 2.05) is 32.3 Å². The summed E-state index contributed by atoms with van der Waals surface area (Å²) in [6, 6.07) is 0. The summed E-state index contributed by atoms with van der Waals surface area (Å²) in [5.41, 5.74) is -0.851. The van der Waals surface area contributed by atoms with Gasteiger partial charge in [-0.2, -0.15) is 0 Å². The smallest absolute Gasteiger partial charge is 0.329 e. The quantitative estimate of drug-likeness (QED) is 0.836. The highest BCUT2D eigenvalue weighted by Gasteiger charge is 2.38. The van der Waals surface area contributed by atoms with Gasteiger partial charge < -0.3 is 9.67 Å². The van der Waals surface area contributed by atoms with Gasteiger partial charge in [-0.25, -0.2) is 9.78 Å². The number of imidazole rings is 1. The van der Waals surface area contributed by atoms with Crippen LogP contribution in [0.25, 0.3) is 0 Å². The van der Waals surface area contributed by atoms with E-state index >= 15 is 0 Å². The van der Waals surface area contributed by atoms with Gasteiger partial charge in [0.05, 0.1) is 0 Å². The SMILES string of the molecule is CCC(CC)(C(=O)O)n1ccnc1C(C)C. The Morgan fingerprint density at radius 2 is 2.06 bits per heavy atom. The molecule has 0 bridgehead atoms. The molecule has 0 aliphatic heterocycles. The predicted molar refractivity (Wildman–Crippen MR) is 62.5 cm³/mol. The fraction of sp³-hybridized carbons (Fsp3) is 0.667. The summed E-state index contributed by atoms with van der Waals surface area (Å²) in [4.78, 5) is 15.8. The molecular formula is C12H20N2O2. The van der Waals surface area contributed by atoms with Crippen LogP contribution in [0.4, 0.5) is 0 Å². The van der Waals surface area contributed by atoms with Crippen molar-refractivity contribution in [3.05, 3.63) is 18.2 Å². The summed E-state index contributed by atoms with van der Waals surface area (Å²) in [7, 11) is 0. The van der Waals surface area contributed by atoms with Crippen molar-refractivity contribution in [3.8, 4) is 0 Å². The van der Waals surface area contributed by atoms with Crippen molar-refractivity contribution < 1.29 is 9.90 Å². The first-order valence-electron chi connectivity index (χ1n) is 5.76. The van der Waals surface area contributed by atoms with Gasteiger partial charge in [-0.1, -0.05) is 27.7 Å². The van der Waals surface area contributed by atoms with Crippen LogP contribution in [0.5, 0.6) is 0 Å². The minimum absolute atomic E-state index is 0.229. The third-order valence-electron chi connectivity index (χ3n) is 3.21. The molecule has 16 heavy (non-hydrogen) atoms. The standard InChI is InChI=1S/C12H20N2O2/c1-5-12(6-2,11(15)16)14-8-7-13-10(14)9(3)4/h7-9H,5-6H2,1-4H3,(H,15,16). The Morgan fingerprint density at radius 1 is 1.50 bits per heavy atom. The molecule has 1 aromatic heterocycles. The highest BCUT2D eigenvalue weighted by atomic mass is 16.4. The van der Waals surface area contributed by atoms with Crippen LogP contribution in [-0.4, -0.2) is 20.6 Å². The van der Waals surface area contributed by atoms with E-state index in [1.54, 1.807) is 12.4 Å². The molecule has 4 nitrogen and oxygen atoms in total. The third kappa shape index (κ3) is 1.84. The van der Waals surface area contributed by atoms with Gasteiger partial charge in [0.15, 0.2) is 0 Å². The summed E-state index contributed by atoms with van der Waals surface area (Å²) < 4.78 is 1.82. The molecule has 0 saturated heterocycles. The molecule has 0 fully saturated rings. The molecule has 0 amide bonds. The van der Waals surface area contributed by atoms with E-state index in [0.29, 0.717) is 12.8 Å². The van der Waals surface area contributed by atoms with Crippen molar-refractivity contribution in [2.75, 3.05) is 0 Å².